The third-order valence-corrected chi connectivity index (χ3v) is 37.4. The van der Waals surface area contributed by atoms with Gasteiger partial charge in [0.25, 0.3) is 0 Å². The van der Waals surface area contributed by atoms with Crippen molar-refractivity contribution >= 4 is 112 Å². The summed E-state index contributed by atoms with van der Waals surface area (Å²) in [5.41, 5.74) is 19.6. The predicted molar refractivity (Wildman–Crippen MR) is 635 cm³/mol. The summed E-state index contributed by atoms with van der Waals surface area (Å²) in [4.78, 5) is 0. The highest BCUT2D eigenvalue weighted by molar-refractivity contribution is 6.34. The van der Waals surface area contributed by atoms with Crippen LogP contribution >= 0.6 is 104 Å². The van der Waals surface area contributed by atoms with Gasteiger partial charge in [0, 0.05) is 81.2 Å². The molecule has 9 aromatic carbocycles. The van der Waals surface area contributed by atoms with E-state index in [1.165, 1.54) is 223 Å². The monoisotopic (exact) mass is 2150 g/mol. The van der Waals surface area contributed by atoms with Crippen LogP contribution in [-0.2, 0) is 32.9 Å². The van der Waals surface area contributed by atoms with E-state index in [-0.39, 0.29) is 16.6 Å². The molecule has 9 aromatic rings. The molecular formula is C129H189BCl9N3O3. The molecule has 0 aromatic heterocycles. The van der Waals surface area contributed by atoms with E-state index in [1.54, 1.807) is 0 Å². The zero-order valence-electron chi connectivity index (χ0n) is 94.5. The molecule has 0 N–H and O–H groups in total. The lowest BCUT2D eigenvalue weighted by atomic mass is 9.53. The first-order valence-corrected chi connectivity index (χ1v) is 60.2. The van der Waals surface area contributed by atoms with Gasteiger partial charge in [-0.25, -0.2) is 0 Å². The van der Waals surface area contributed by atoms with Gasteiger partial charge in [-0.1, -0.05) is 433 Å². The average Bonchev–Trinajstić information content (AvgIpc) is 0.693. The van der Waals surface area contributed by atoms with Crippen molar-refractivity contribution in [3.05, 3.63) is 309 Å². The molecule has 804 valence electrons. The smallest absolute Gasteiger partial charge is 0.139 e. The number of rotatable bonds is 60. The van der Waals surface area contributed by atoms with Gasteiger partial charge in [-0.05, 0) is 297 Å². The molecule has 0 saturated heterocycles. The molecule has 9 rings (SSSR count). The molecule has 0 radical (unpaired) electrons. The van der Waals surface area contributed by atoms with Crippen LogP contribution in [0.25, 0.3) is 0 Å². The molecule has 0 aliphatic heterocycles. The van der Waals surface area contributed by atoms with Crippen molar-refractivity contribution in [2.75, 3.05) is 58.9 Å². The second kappa shape index (κ2) is 63.3. The Morgan fingerprint density at radius 2 is 0.310 bits per heavy atom. The van der Waals surface area contributed by atoms with E-state index in [9.17, 15) is 0 Å². The maximum Gasteiger partial charge on any atom is 0.139 e. The molecule has 3 atom stereocenters. The van der Waals surface area contributed by atoms with Crippen LogP contribution in [0.1, 0.15) is 435 Å². The highest BCUT2D eigenvalue weighted by Crippen LogP contribution is 2.65. The summed E-state index contributed by atoms with van der Waals surface area (Å²) >= 11 is 64.3. The first-order valence-electron chi connectivity index (χ1n) is 56.8. The molecule has 0 aliphatic carbocycles. The lowest BCUT2D eigenvalue weighted by molar-refractivity contribution is -0.990. The molecule has 0 bridgehead atoms. The van der Waals surface area contributed by atoms with Crippen molar-refractivity contribution < 1.29 is 28.5 Å². The van der Waals surface area contributed by atoms with E-state index in [0.29, 0.717) is 0 Å². The number of nitrogens with zero attached hydrogens (tertiary/aromatic N) is 3. The molecule has 0 spiro atoms. The van der Waals surface area contributed by atoms with Crippen molar-refractivity contribution in [1.82, 2.24) is 0 Å². The van der Waals surface area contributed by atoms with Crippen molar-refractivity contribution in [1.29, 1.82) is 0 Å². The van der Waals surface area contributed by atoms with Crippen LogP contribution in [0.15, 0.2) is 164 Å². The summed E-state index contributed by atoms with van der Waals surface area (Å²) in [6.07, 6.45) is 41.7. The Kier molecular flexibility index (Phi) is 56.3. The number of aryl methyl sites for hydroxylation is 9. The van der Waals surface area contributed by atoms with Gasteiger partial charge in [-0.2, -0.15) is 0 Å². The Balaban J connectivity index is 0.000000326. The molecule has 0 fully saturated rings. The van der Waals surface area contributed by atoms with Crippen LogP contribution < -0.4 is 15.1 Å². The molecule has 16 heteroatoms. The summed E-state index contributed by atoms with van der Waals surface area (Å²) in [6, 6.07) is 62.6. The number of unbranched alkanes of at least 4 members (excludes halogenated alkanes) is 18. The van der Waals surface area contributed by atoms with E-state index in [0.717, 1.165) is 225 Å². The van der Waals surface area contributed by atoms with Gasteiger partial charge in [-0.15, -0.1) is 0 Å². The summed E-state index contributed by atoms with van der Waals surface area (Å²) in [5, 5.41) is 32.8. The van der Waals surface area contributed by atoms with Gasteiger partial charge in [-0.3, -0.25) is 7.32 Å². The van der Waals surface area contributed by atoms with Gasteiger partial charge < -0.3 is 28.5 Å². The zero-order valence-corrected chi connectivity index (χ0v) is 101. The normalized spacial score (nSPS) is 13.4. The fraction of sp³-hybridized carbons (Fsp3) is 0.581. The van der Waals surface area contributed by atoms with Crippen molar-refractivity contribution in [2.45, 2.75) is 430 Å². The van der Waals surface area contributed by atoms with Crippen LogP contribution in [0.2, 0.25) is 45.2 Å². The Hall–Kier alpha value is -4.59. The summed E-state index contributed by atoms with van der Waals surface area (Å²) in [7, 11) is -2.92. The van der Waals surface area contributed by atoms with Crippen LogP contribution in [0.4, 0.5) is 0 Å². The van der Waals surface area contributed by atoms with Crippen LogP contribution in [0.3, 0.4) is 0 Å². The Morgan fingerprint density at radius 1 is 0.186 bits per heavy atom. The van der Waals surface area contributed by atoms with E-state index in [4.69, 9.17) is 119 Å². The molecule has 3 unspecified atom stereocenters. The SMILES string of the molecule is CCCCCCC(c1ccc(C)c(Cl)c1)(C(CC)(c1ccc(C)c(Cl)c1)c1ccc(C)c(Cl)c1)[N+](CCCC)(CCCC)CCCC.CCCCCCC(c1ccc(C)c(Cl)c1)(C(CC)(c1ccc(C)c(Cl)c1)c1ccc(C)c(Cl)c1)[N+](CCCC)(CCCC)CCCC.CCCCCCC(c1ccc(C)c(Cl)c1)(C(CC)(c1ccc(C)c(Cl)c1)c1ccc(C)c(Cl)c1)[N+](CCCC)(CCCC)CCCC.[O-]B([O-])[O-]. The fourth-order valence-electron chi connectivity index (χ4n) is 25.6. The topological polar surface area (TPSA) is 69.2 Å². The summed E-state index contributed by atoms with van der Waals surface area (Å²) in [5.74, 6) is 0. The fourth-order valence-corrected chi connectivity index (χ4v) is 27.2. The lowest BCUT2D eigenvalue weighted by Crippen LogP contribution is -2.71. The van der Waals surface area contributed by atoms with Gasteiger partial charge >= 0.3 is 0 Å². The zero-order chi connectivity index (χ0) is 108. The minimum atomic E-state index is -2.92. The van der Waals surface area contributed by atoms with E-state index in [2.05, 4.69) is 330 Å². The second-order valence-corrected chi connectivity index (χ2v) is 46.5. The van der Waals surface area contributed by atoms with Crippen molar-refractivity contribution in [3.63, 3.8) is 0 Å². The highest BCUT2D eigenvalue weighted by atomic mass is 35.5. The average molecular weight is 2160 g/mol. The maximum absolute atomic E-state index is 8.42. The van der Waals surface area contributed by atoms with Crippen molar-refractivity contribution in [2.24, 2.45) is 0 Å². The first-order chi connectivity index (χ1) is 69.3. The standard InChI is InChI=1S/3C43H63Cl3N.BO3/c3*1-9-14-18-19-26-43(38-25-22-35(8)41(46)32-38,47(27-15-10-2,28-16-11-3)29-17-12-4)42(13-5,36-23-20-33(6)39(44)30-36)37-24-21-34(7)40(45)31-37;2-1(3)4/h3*20-25,30-32H,9-19,26-29H2,1-8H3;/q3*+1;-3. The Bertz CT molecular complexity index is 4610. The largest absolute Gasteiger partial charge is 0.907 e. The Labute approximate surface area is 930 Å². The quantitative estimate of drug-likeness (QED) is 0.0217. The molecular weight excluding hydrogens is 1970 g/mol. The minimum Gasteiger partial charge on any atom is -0.907 e. The highest BCUT2D eigenvalue weighted by Gasteiger charge is 2.68. The number of quaternary nitrogens is 3. The van der Waals surface area contributed by atoms with Gasteiger partial charge in [0.05, 0.1) is 75.1 Å². The van der Waals surface area contributed by atoms with E-state index in [1.807, 2.05) is 0 Å². The molecule has 0 amide bonds. The van der Waals surface area contributed by atoms with Gasteiger partial charge in [0.2, 0.25) is 0 Å². The lowest BCUT2D eigenvalue weighted by Gasteiger charge is -2.63. The van der Waals surface area contributed by atoms with Crippen LogP contribution in [0, 0.1) is 62.3 Å². The minimum absolute atomic E-state index is 0.330. The summed E-state index contributed by atoms with van der Waals surface area (Å²) in [6.45, 7) is 64.7. The Morgan fingerprint density at radius 3 is 0.428 bits per heavy atom. The second-order valence-electron chi connectivity index (χ2n) is 42.9. The maximum atomic E-state index is 8.42. The number of benzene rings is 9. The van der Waals surface area contributed by atoms with Crippen LogP contribution in [-0.4, -0.2) is 79.7 Å². The van der Waals surface area contributed by atoms with Crippen molar-refractivity contribution in [3.8, 4) is 0 Å². The van der Waals surface area contributed by atoms with Gasteiger partial charge in [0.15, 0.2) is 0 Å². The molecule has 0 aliphatic rings. The molecule has 145 heavy (non-hydrogen) atoms. The van der Waals surface area contributed by atoms with E-state index >= 15 is 0 Å². The molecule has 0 saturated carbocycles. The summed E-state index contributed by atoms with van der Waals surface area (Å²) < 4.78 is 3.12. The number of halogens is 9. The predicted octanol–water partition coefficient (Wildman–Crippen LogP) is 39.1. The van der Waals surface area contributed by atoms with Gasteiger partial charge in [0.1, 0.15) is 16.6 Å². The van der Waals surface area contributed by atoms with Crippen LogP contribution in [0.5, 0.6) is 0 Å². The molecule has 6 nitrogen and oxygen atoms in total. The number of hydrogen-bond donors (Lipinski definition) is 0. The number of hydrogen-bond acceptors (Lipinski definition) is 3. The third-order valence-electron chi connectivity index (χ3n) is 33.7. The molecule has 0 heterocycles. The first kappa shape index (κ1) is 129. The third kappa shape index (κ3) is 30.2. The van der Waals surface area contributed by atoms with E-state index < -0.39 is 23.6 Å².